The molecule has 1 aromatic rings. The molecule has 5 rings (SSSR count). The van der Waals surface area contributed by atoms with E-state index in [0.717, 1.165) is 38.6 Å². The lowest BCUT2D eigenvalue weighted by Gasteiger charge is -2.38. The normalized spacial score (nSPS) is 29.4. The minimum absolute atomic E-state index is 0.0508. The summed E-state index contributed by atoms with van der Waals surface area (Å²) in [7, 11) is 2.10. The first-order valence-corrected chi connectivity index (χ1v) is 13.2. The number of likely N-dealkylation sites (tertiary alicyclic amines) is 1. The number of hydrogen-bond acceptors (Lipinski definition) is 9. The van der Waals surface area contributed by atoms with Crippen molar-refractivity contribution in [3.63, 3.8) is 0 Å². The molecular formula is C27H36N4O5. The zero-order valence-corrected chi connectivity index (χ0v) is 21.3. The van der Waals surface area contributed by atoms with E-state index in [1.165, 1.54) is 6.26 Å². The smallest absolute Gasteiger partial charge is 0.217 e. The second kappa shape index (κ2) is 10.2. The Bertz CT molecular complexity index is 1100. The molecule has 9 nitrogen and oxygen atoms in total. The van der Waals surface area contributed by atoms with Gasteiger partial charge in [-0.1, -0.05) is 6.42 Å². The molecule has 2 saturated carbocycles. The number of carbonyl (C=O) groups is 2. The van der Waals surface area contributed by atoms with Gasteiger partial charge in [-0.2, -0.15) is 4.98 Å². The van der Waals surface area contributed by atoms with Crippen molar-refractivity contribution in [3.05, 3.63) is 29.4 Å². The molecule has 2 aliphatic heterocycles. The number of aromatic nitrogens is 2. The summed E-state index contributed by atoms with van der Waals surface area (Å²) in [5.74, 6) is 0.952. The second-order valence-corrected chi connectivity index (χ2v) is 10.4. The van der Waals surface area contributed by atoms with Crippen LogP contribution in [0.5, 0.6) is 5.88 Å². The monoisotopic (exact) mass is 496 g/mol. The van der Waals surface area contributed by atoms with Crippen LogP contribution in [0.15, 0.2) is 17.9 Å². The van der Waals surface area contributed by atoms with Crippen LogP contribution in [-0.4, -0.2) is 65.4 Å². The van der Waals surface area contributed by atoms with Crippen molar-refractivity contribution in [1.82, 2.24) is 14.9 Å². The van der Waals surface area contributed by atoms with E-state index in [4.69, 9.17) is 19.9 Å². The number of ether oxygens (including phenoxy) is 3. The molecule has 0 amide bonds. The van der Waals surface area contributed by atoms with Crippen LogP contribution in [0.4, 0.5) is 0 Å². The predicted molar refractivity (Wildman–Crippen MR) is 134 cm³/mol. The number of Topliss-reactive ketones (excluding diaryl/α,β-unsaturated/α-hetero) is 2. The molecule has 3 fully saturated rings. The summed E-state index contributed by atoms with van der Waals surface area (Å²) in [4.78, 5) is 38.2. The predicted octanol–water partition coefficient (Wildman–Crippen LogP) is 3.24. The standard InChI is InChI=1S/C27H36N4O5/c1-17(20-8-6-12-31(20)2)36-23-15-19(21-16-34-13-14-35-21)29-26(30-23)24(28)18-7-5-11-27(25(18)33)10-4-3-9-22(27)32/h15-17,20H,3-14,28H2,1-2H3/t17-,20-,27+/m0/s1. The van der Waals surface area contributed by atoms with E-state index in [-0.39, 0.29) is 35.2 Å². The van der Waals surface area contributed by atoms with Crippen molar-refractivity contribution in [2.24, 2.45) is 11.1 Å². The number of likely N-dealkylation sites (N-methyl/N-ethyl adjacent to an activating group) is 1. The third kappa shape index (κ3) is 4.61. The van der Waals surface area contributed by atoms with Crippen LogP contribution in [0.25, 0.3) is 11.5 Å². The minimum atomic E-state index is -0.933. The molecule has 0 radical (unpaired) electrons. The highest BCUT2D eigenvalue weighted by Gasteiger charge is 2.49. The van der Waals surface area contributed by atoms with Gasteiger partial charge in [0.15, 0.2) is 17.4 Å². The summed E-state index contributed by atoms with van der Waals surface area (Å²) < 4.78 is 17.5. The summed E-state index contributed by atoms with van der Waals surface area (Å²) >= 11 is 0. The quantitative estimate of drug-likeness (QED) is 0.484. The van der Waals surface area contributed by atoms with Crippen LogP contribution >= 0.6 is 0 Å². The van der Waals surface area contributed by atoms with Crippen molar-refractivity contribution in [2.45, 2.75) is 76.9 Å². The highest BCUT2D eigenvalue weighted by molar-refractivity contribution is 6.17. The van der Waals surface area contributed by atoms with Gasteiger partial charge < -0.3 is 19.9 Å². The first-order chi connectivity index (χ1) is 17.4. The maximum atomic E-state index is 13.7. The third-order valence-corrected chi connectivity index (χ3v) is 8.13. The fourth-order valence-corrected chi connectivity index (χ4v) is 6.10. The first-order valence-electron chi connectivity index (χ1n) is 13.2. The molecule has 0 unspecified atom stereocenters. The molecule has 3 heterocycles. The number of allylic oxidation sites excluding steroid dienone is 1. The van der Waals surface area contributed by atoms with E-state index >= 15 is 0 Å². The van der Waals surface area contributed by atoms with E-state index in [0.29, 0.717) is 61.8 Å². The summed E-state index contributed by atoms with van der Waals surface area (Å²) in [6.07, 6.45) is 8.25. The molecule has 1 aromatic heterocycles. The Morgan fingerprint density at radius 3 is 2.72 bits per heavy atom. The van der Waals surface area contributed by atoms with Gasteiger partial charge in [-0.15, -0.1) is 0 Å². The number of rotatable bonds is 5. The Morgan fingerprint density at radius 1 is 1.17 bits per heavy atom. The Morgan fingerprint density at radius 2 is 2.00 bits per heavy atom. The summed E-state index contributed by atoms with van der Waals surface area (Å²) in [5.41, 5.74) is 6.83. The van der Waals surface area contributed by atoms with Crippen molar-refractivity contribution >= 4 is 23.0 Å². The molecule has 0 bridgehead atoms. The fraction of sp³-hybridized carbons (Fsp3) is 0.630. The largest absolute Gasteiger partial charge is 0.494 e. The minimum Gasteiger partial charge on any atom is -0.494 e. The van der Waals surface area contributed by atoms with Crippen LogP contribution in [0.2, 0.25) is 0 Å². The van der Waals surface area contributed by atoms with Gasteiger partial charge >= 0.3 is 0 Å². The van der Waals surface area contributed by atoms with Crippen LogP contribution in [0.1, 0.15) is 76.2 Å². The molecule has 2 aliphatic carbocycles. The number of nitrogens with two attached hydrogens (primary N) is 1. The van der Waals surface area contributed by atoms with Crippen LogP contribution in [-0.2, 0) is 19.1 Å². The van der Waals surface area contributed by atoms with E-state index in [9.17, 15) is 9.59 Å². The Hall–Kier alpha value is -2.94. The van der Waals surface area contributed by atoms with Crippen molar-refractivity contribution in [2.75, 3.05) is 26.8 Å². The van der Waals surface area contributed by atoms with E-state index in [1.54, 1.807) is 6.07 Å². The second-order valence-electron chi connectivity index (χ2n) is 10.4. The van der Waals surface area contributed by atoms with Gasteiger partial charge in [0.05, 0.1) is 11.1 Å². The van der Waals surface area contributed by atoms with Gasteiger partial charge in [0.25, 0.3) is 0 Å². The molecule has 36 heavy (non-hydrogen) atoms. The van der Waals surface area contributed by atoms with Crippen LogP contribution in [0, 0.1) is 5.41 Å². The number of nitrogens with zero attached hydrogens (tertiary/aromatic N) is 3. The molecule has 9 heteroatoms. The Kier molecular flexibility index (Phi) is 7.01. The van der Waals surface area contributed by atoms with E-state index in [2.05, 4.69) is 21.9 Å². The highest BCUT2D eigenvalue weighted by Crippen LogP contribution is 2.45. The first kappa shape index (κ1) is 24.7. The van der Waals surface area contributed by atoms with Gasteiger partial charge in [0.1, 0.15) is 37.1 Å². The Balaban J connectivity index is 1.51. The molecular weight excluding hydrogens is 460 g/mol. The average molecular weight is 497 g/mol. The van der Waals surface area contributed by atoms with E-state index < -0.39 is 5.41 Å². The third-order valence-electron chi connectivity index (χ3n) is 8.13. The molecule has 0 aromatic carbocycles. The summed E-state index contributed by atoms with van der Waals surface area (Å²) in [5, 5.41) is 0. The van der Waals surface area contributed by atoms with Gasteiger partial charge in [0.2, 0.25) is 5.88 Å². The molecule has 3 atom stereocenters. The van der Waals surface area contributed by atoms with Crippen LogP contribution in [0.3, 0.4) is 0 Å². The lowest BCUT2D eigenvalue weighted by molar-refractivity contribution is -0.143. The summed E-state index contributed by atoms with van der Waals surface area (Å²) in [6, 6.07) is 2.01. The van der Waals surface area contributed by atoms with Gasteiger partial charge in [-0.05, 0) is 65.5 Å². The molecule has 194 valence electrons. The number of hydrogen-bond donors (Lipinski definition) is 1. The van der Waals surface area contributed by atoms with Crippen LogP contribution < -0.4 is 10.5 Å². The SMILES string of the molecule is C[C@H](Oc1cc(C2=COCCO2)nc(C(N)=C2CCC[C@@]3(CCCCC3=O)C2=O)n1)[C@@H]1CCCN1C. The highest BCUT2D eigenvalue weighted by atomic mass is 16.6. The average Bonchev–Trinajstić information content (AvgIpc) is 3.33. The molecule has 1 spiro atoms. The number of carbonyl (C=O) groups excluding carboxylic acids is 2. The van der Waals surface area contributed by atoms with Crippen molar-refractivity contribution in [3.8, 4) is 5.88 Å². The van der Waals surface area contributed by atoms with Gasteiger partial charge in [-0.25, -0.2) is 4.98 Å². The summed E-state index contributed by atoms with van der Waals surface area (Å²) in [6.45, 7) is 3.95. The van der Waals surface area contributed by atoms with Crippen molar-refractivity contribution in [1.29, 1.82) is 0 Å². The fourth-order valence-electron chi connectivity index (χ4n) is 6.10. The lowest BCUT2D eigenvalue weighted by atomic mass is 9.62. The van der Waals surface area contributed by atoms with Crippen molar-refractivity contribution < 1.29 is 23.8 Å². The van der Waals surface area contributed by atoms with Gasteiger partial charge in [-0.3, -0.25) is 14.5 Å². The zero-order valence-electron chi connectivity index (χ0n) is 21.3. The van der Waals surface area contributed by atoms with E-state index in [1.807, 2.05) is 6.92 Å². The molecule has 2 N–H and O–H groups in total. The zero-order chi connectivity index (χ0) is 25.3. The lowest BCUT2D eigenvalue weighted by Crippen LogP contribution is -2.45. The van der Waals surface area contributed by atoms with Gasteiger partial charge in [0, 0.05) is 24.1 Å². The maximum Gasteiger partial charge on any atom is 0.217 e. The Labute approximate surface area is 212 Å². The molecule has 4 aliphatic rings. The number of ketones is 2. The maximum absolute atomic E-state index is 13.7. The molecule has 1 saturated heterocycles. The topological polar surface area (TPSA) is 117 Å².